The number of ether oxygens (including phenoxy) is 1. The Balaban J connectivity index is 2.09. The summed E-state index contributed by atoms with van der Waals surface area (Å²) in [5.74, 6) is -0.0225. The van der Waals surface area contributed by atoms with Crippen molar-refractivity contribution in [3.8, 4) is 5.75 Å². The number of hydrogen-bond acceptors (Lipinski definition) is 3. The predicted octanol–water partition coefficient (Wildman–Crippen LogP) is 4.88. The van der Waals surface area contributed by atoms with E-state index in [2.05, 4.69) is 0 Å². The Labute approximate surface area is 162 Å². The molecule has 0 amide bonds. The largest absolute Gasteiger partial charge is 0.497 e. The van der Waals surface area contributed by atoms with Crippen LogP contribution in [0.2, 0.25) is 5.02 Å². The first-order valence-electron chi connectivity index (χ1n) is 8.08. The Morgan fingerprint density at radius 3 is 2.22 bits per heavy atom. The normalized spacial score (nSPS) is 11.2. The van der Waals surface area contributed by atoms with Crippen molar-refractivity contribution in [2.45, 2.75) is 11.4 Å². The van der Waals surface area contributed by atoms with E-state index in [0.717, 1.165) is 4.31 Å². The van der Waals surface area contributed by atoms with Crippen LogP contribution in [-0.4, -0.2) is 15.5 Å². The SMILES string of the molecule is COc1ccc(S(=O)(=O)N(Cc2c(F)cccc2Cl)c2ccccc2)cc1. The zero-order chi connectivity index (χ0) is 19.4. The maximum Gasteiger partial charge on any atom is 0.264 e. The molecule has 0 spiro atoms. The number of nitrogens with zero attached hydrogens (tertiary/aromatic N) is 1. The van der Waals surface area contributed by atoms with Gasteiger partial charge in [-0.1, -0.05) is 35.9 Å². The maximum atomic E-state index is 14.3. The second-order valence-electron chi connectivity index (χ2n) is 5.72. The minimum Gasteiger partial charge on any atom is -0.497 e. The number of para-hydroxylation sites is 1. The molecule has 0 saturated heterocycles. The van der Waals surface area contributed by atoms with E-state index < -0.39 is 15.8 Å². The predicted molar refractivity (Wildman–Crippen MR) is 104 cm³/mol. The van der Waals surface area contributed by atoms with Crippen LogP contribution in [0.3, 0.4) is 0 Å². The number of hydrogen-bond donors (Lipinski definition) is 0. The smallest absolute Gasteiger partial charge is 0.264 e. The van der Waals surface area contributed by atoms with Gasteiger partial charge in [-0.2, -0.15) is 0 Å². The lowest BCUT2D eigenvalue weighted by atomic mass is 10.2. The number of methoxy groups -OCH3 is 1. The summed E-state index contributed by atoms with van der Waals surface area (Å²) in [4.78, 5) is 0.0691. The van der Waals surface area contributed by atoms with Crippen molar-refractivity contribution < 1.29 is 17.5 Å². The quantitative estimate of drug-likeness (QED) is 0.587. The Morgan fingerprint density at radius 1 is 0.963 bits per heavy atom. The lowest BCUT2D eigenvalue weighted by Gasteiger charge is -2.25. The standard InChI is InChI=1S/C20H17ClFNO3S/c1-26-16-10-12-17(13-11-16)27(24,25)23(15-6-3-2-4-7-15)14-18-19(21)8-5-9-20(18)22/h2-13H,14H2,1H3. The number of halogens is 2. The molecule has 3 aromatic rings. The summed E-state index contributed by atoms with van der Waals surface area (Å²) in [7, 11) is -2.46. The van der Waals surface area contributed by atoms with E-state index in [1.165, 1.54) is 37.4 Å². The van der Waals surface area contributed by atoms with Crippen molar-refractivity contribution in [2.75, 3.05) is 11.4 Å². The molecule has 0 aliphatic carbocycles. The van der Waals surface area contributed by atoms with Crippen LogP contribution in [0.1, 0.15) is 5.56 Å². The Kier molecular flexibility index (Phi) is 5.68. The molecule has 0 aliphatic rings. The van der Waals surface area contributed by atoms with Crippen LogP contribution in [0.25, 0.3) is 0 Å². The molecule has 0 aliphatic heterocycles. The van der Waals surface area contributed by atoms with E-state index in [1.807, 2.05) is 0 Å². The highest BCUT2D eigenvalue weighted by molar-refractivity contribution is 7.92. The minimum atomic E-state index is -3.96. The summed E-state index contributed by atoms with van der Waals surface area (Å²) in [5, 5.41) is 0.167. The Bertz CT molecular complexity index is 1000. The molecule has 0 bridgehead atoms. The summed E-state index contributed by atoms with van der Waals surface area (Å²) in [6.45, 7) is -0.232. The second kappa shape index (κ2) is 7.98. The fourth-order valence-electron chi connectivity index (χ4n) is 2.61. The zero-order valence-corrected chi connectivity index (χ0v) is 16.0. The molecular formula is C20H17ClFNO3S. The lowest BCUT2D eigenvalue weighted by Crippen LogP contribution is -2.31. The Hall–Kier alpha value is -2.57. The molecule has 0 atom stereocenters. The first-order valence-corrected chi connectivity index (χ1v) is 9.90. The highest BCUT2D eigenvalue weighted by Crippen LogP contribution is 2.29. The van der Waals surface area contributed by atoms with Crippen LogP contribution >= 0.6 is 11.6 Å². The highest BCUT2D eigenvalue weighted by atomic mass is 35.5. The van der Waals surface area contributed by atoms with Crippen LogP contribution in [0.15, 0.2) is 77.7 Å². The average molecular weight is 406 g/mol. The summed E-state index contributed by atoms with van der Waals surface area (Å²) in [6.07, 6.45) is 0. The van der Waals surface area contributed by atoms with E-state index in [0.29, 0.717) is 11.4 Å². The number of anilines is 1. The molecule has 0 radical (unpaired) electrons. The van der Waals surface area contributed by atoms with Gasteiger partial charge in [0.05, 0.1) is 24.2 Å². The van der Waals surface area contributed by atoms with E-state index >= 15 is 0 Å². The molecular weight excluding hydrogens is 389 g/mol. The molecule has 3 aromatic carbocycles. The molecule has 0 aromatic heterocycles. The third-order valence-electron chi connectivity index (χ3n) is 4.06. The van der Waals surface area contributed by atoms with E-state index in [1.54, 1.807) is 42.5 Å². The van der Waals surface area contributed by atoms with E-state index in [9.17, 15) is 12.8 Å². The molecule has 0 unspecified atom stereocenters. The van der Waals surface area contributed by atoms with Crippen LogP contribution in [0, 0.1) is 5.82 Å². The van der Waals surface area contributed by atoms with Crippen molar-refractivity contribution in [1.29, 1.82) is 0 Å². The van der Waals surface area contributed by atoms with Crippen molar-refractivity contribution in [3.63, 3.8) is 0 Å². The molecule has 27 heavy (non-hydrogen) atoms. The van der Waals surface area contributed by atoms with Gasteiger partial charge >= 0.3 is 0 Å². The molecule has 0 N–H and O–H groups in total. The van der Waals surface area contributed by atoms with Gasteiger partial charge in [0.15, 0.2) is 0 Å². The van der Waals surface area contributed by atoms with Crippen molar-refractivity contribution in [1.82, 2.24) is 0 Å². The number of sulfonamides is 1. The van der Waals surface area contributed by atoms with Crippen LogP contribution in [0.5, 0.6) is 5.75 Å². The van der Waals surface area contributed by atoms with Gasteiger partial charge in [0, 0.05) is 10.6 Å². The molecule has 0 saturated carbocycles. The Morgan fingerprint density at radius 2 is 1.63 bits per heavy atom. The van der Waals surface area contributed by atoms with Gasteiger partial charge in [0.25, 0.3) is 10.0 Å². The van der Waals surface area contributed by atoms with E-state index in [-0.39, 0.29) is 22.0 Å². The van der Waals surface area contributed by atoms with Gasteiger partial charge in [-0.15, -0.1) is 0 Å². The lowest BCUT2D eigenvalue weighted by molar-refractivity contribution is 0.414. The van der Waals surface area contributed by atoms with Crippen LogP contribution < -0.4 is 9.04 Å². The molecule has 0 fully saturated rings. The van der Waals surface area contributed by atoms with Crippen LogP contribution in [-0.2, 0) is 16.6 Å². The summed E-state index contributed by atoms with van der Waals surface area (Å²) in [5.41, 5.74) is 0.521. The first kappa shape index (κ1) is 19.2. The number of rotatable bonds is 6. The van der Waals surface area contributed by atoms with Crippen molar-refractivity contribution in [2.24, 2.45) is 0 Å². The molecule has 7 heteroatoms. The summed E-state index contributed by atoms with van der Waals surface area (Å²) >= 11 is 6.12. The van der Waals surface area contributed by atoms with Gasteiger partial charge in [-0.3, -0.25) is 4.31 Å². The fourth-order valence-corrected chi connectivity index (χ4v) is 4.27. The summed E-state index contributed by atoms with van der Waals surface area (Å²) < 4.78 is 47.1. The maximum absolute atomic E-state index is 14.3. The summed E-state index contributed by atoms with van der Waals surface area (Å²) in [6, 6.07) is 18.8. The fraction of sp³-hybridized carbons (Fsp3) is 0.100. The van der Waals surface area contributed by atoms with Gasteiger partial charge in [0.2, 0.25) is 0 Å². The molecule has 3 rings (SSSR count). The van der Waals surface area contributed by atoms with Crippen LogP contribution in [0.4, 0.5) is 10.1 Å². The highest BCUT2D eigenvalue weighted by Gasteiger charge is 2.27. The molecule has 140 valence electrons. The van der Waals surface area contributed by atoms with Crippen molar-refractivity contribution >= 4 is 27.3 Å². The van der Waals surface area contributed by atoms with Gasteiger partial charge in [0.1, 0.15) is 11.6 Å². The zero-order valence-electron chi connectivity index (χ0n) is 14.5. The van der Waals surface area contributed by atoms with E-state index in [4.69, 9.17) is 16.3 Å². The monoisotopic (exact) mass is 405 g/mol. The molecule has 4 nitrogen and oxygen atoms in total. The third kappa shape index (κ3) is 4.07. The topological polar surface area (TPSA) is 46.6 Å². The van der Waals surface area contributed by atoms with Crippen molar-refractivity contribution in [3.05, 3.63) is 89.2 Å². The average Bonchev–Trinajstić information content (AvgIpc) is 2.68. The number of benzene rings is 3. The first-order chi connectivity index (χ1) is 12.9. The second-order valence-corrected chi connectivity index (χ2v) is 7.99. The molecule has 0 heterocycles. The minimum absolute atomic E-state index is 0.0691. The van der Waals surface area contributed by atoms with Gasteiger partial charge < -0.3 is 4.74 Å². The third-order valence-corrected chi connectivity index (χ3v) is 6.20. The van der Waals surface area contributed by atoms with Gasteiger partial charge in [-0.25, -0.2) is 12.8 Å². The van der Waals surface area contributed by atoms with Gasteiger partial charge in [-0.05, 0) is 48.5 Å².